The molecule has 0 saturated heterocycles. The van der Waals surface area contributed by atoms with Crippen molar-refractivity contribution >= 4 is 17.9 Å². The monoisotopic (exact) mass is 1040 g/mol. The van der Waals surface area contributed by atoms with E-state index in [4.69, 9.17) is 14.2 Å². The summed E-state index contributed by atoms with van der Waals surface area (Å²) in [5.41, 5.74) is 0. The second-order valence-electron chi connectivity index (χ2n) is 19.8. The van der Waals surface area contributed by atoms with Gasteiger partial charge in [0.25, 0.3) is 0 Å². The average molecular weight is 1040 g/mol. The summed E-state index contributed by atoms with van der Waals surface area (Å²) in [6, 6.07) is 0. The lowest BCUT2D eigenvalue weighted by atomic mass is 10.0. The Bertz CT molecular complexity index is 1620. The molecule has 424 valence electrons. The molecule has 0 radical (unpaired) electrons. The van der Waals surface area contributed by atoms with E-state index >= 15 is 0 Å². The van der Waals surface area contributed by atoms with Crippen molar-refractivity contribution in [2.75, 3.05) is 13.2 Å². The van der Waals surface area contributed by atoms with Gasteiger partial charge in [0.15, 0.2) is 6.10 Å². The number of unbranched alkanes of at least 4 members (excludes halogenated alkanes) is 21. The van der Waals surface area contributed by atoms with Gasteiger partial charge in [-0.25, -0.2) is 0 Å². The van der Waals surface area contributed by atoms with Gasteiger partial charge in [-0.05, 0) is 122 Å². The first kappa shape index (κ1) is 70.5. The van der Waals surface area contributed by atoms with E-state index in [1.807, 2.05) is 6.08 Å². The predicted octanol–water partition coefficient (Wildman–Crippen LogP) is 21.0. The van der Waals surface area contributed by atoms with Gasteiger partial charge in [0, 0.05) is 19.3 Å². The fourth-order valence-corrected chi connectivity index (χ4v) is 8.10. The molecule has 0 rings (SSSR count). The van der Waals surface area contributed by atoms with Crippen molar-refractivity contribution in [2.45, 2.75) is 271 Å². The number of hydrogen-bond acceptors (Lipinski definition) is 6. The Balaban J connectivity index is 4.37. The molecule has 0 aromatic rings. The molecule has 0 bridgehead atoms. The Kier molecular flexibility index (Phi) is 58.4. The van der Waals surface area contributed by atoms with Gasteiger partial charge in [-0.2, -0.15) is 0 Å². The van der Waals surface area contributed by atoms with Crippen LogP contribution in [-0.4, -0.2) is 37.2 Å². The summed E-state index contributed by atoms with van der Waals surface area (Å²) < 4.78 is 16.8. The van der Waals surface area contributed by atoms with Crippen LogP contribution >= 0.6 is 0 Å². The van der Waals surface area contributed by atoms with Crippen LogP contribution in [0.1, 0.15) is 265 Å². The van der Waals surface area contributed by atoms with Crippen LogP contribution in [0.15, 0.2) is 134 Å². The second-order valence-corrected chi connectivity index (χ2v) is 19.8. The molecule has 0 aliphatic rings. The van der Waals surface area contributed by atoms with Crippen molar-refractivity contribution in [2.24, 2.45) is 0 Å². The molecule has 0 heterocycles. The van der Waals surface area contributed by atoms with E-state index in [-0.39, 0.29) is 37.5 Å². The lowest BCUT2D eigenvalue weighted by Gasteiger charge is -2.18. The molecule has 0 N–H and O–H groups in total. The minimum absolute atomic E-state index is 0.108. The highest BCUT2D eigenvalue weighted by atomic mass is 16.6. The van der Waals surface area contributed by atoms with E-state index in [9.17, 15) is 14.4 Å². The SMILES string of the molecule is CC/C=C\C/C=C\C/C=C\C/C=C\C/C=C\CCCCCCCCCCCCCC(=O)OCC(COC(=O)CC/C=C\C/C=C\C/C=C\C/C=C\CC)OC(=O)CCCCCCCCC/C=C\C/C=C\CCCCC. The topological polar surface area (TPSA) is 78.9 Å². The minimum Gasteiger partial charge on any atom is -0.462 e. The van der Waals surface area contributed by atoms with Gasteiger partial charge in [-0.15, -0.1) is 0 Å². The molecule has 0 spiro atoms. The van der Waals surface area contributed by atoms with Crippen LogP contribution in [0.3, 0.4) is 0 Å². The van der Waals surface area contributed by atoms with Gasteiger partial charge in [0.2, 0.25) is 0 Å². The van der Waals surface area contributed by atoms with Crippen LogP contribution in [0.2, 0.25) is 0 Å². The van der Waals surface area contributed by atoms with Crippen molar-refractivity contribution in [3.8, 4) is 0 Å². The number of ether oxygens (including phenoxy) is 3. The fourth-order valence-electron chi connectivity index (χ4n) is 8.10. The minimum atomic E-state index is -0.817. The zero-order chi connectivity index (χ0) is 54.3. The molecule has 0 fully saturated rings. The lowest BCUT2D eigenvalue weighted by molar-refractivity contribution is -0.166. The van der Waals surface area contributed by atoms with Crippen LogP contribution in [0.4, 0.5) is 0 Å². The maximum atomic E-state index is 12.9. The second kappa shape index (κ2) is 62.1. The number of carbonyl (C=O) groups is 3. The number of esters is 3. The molecular formula is C69H112O6. The van der Waals surface area contributed by atoms with Gasteiger partial charge in [-0.1, -0.05) is 257 Å². The first-order valence-electron chi connectivity index (χ1n) is 30.7. The zero-order valence-electron chi connectivity index (χ0n) is 48.5. The Morgan fingerprint density at radius 1 is 0.280 bits per heavy atom. The van der Waals surface area contributed by atoms with Crippen molar-refractivity contribution < 1.29 is 28.6 Å². The summed E-state index contributed by atoms with van der Waals surface area (Å²) in [7, 11) is 0. The normalized spacial score (nSPS) is 13.1. The van der Waals surface area contributed by atoms with E-state index < -0.39 is 6.10 Å². The first-order valence-corrected chi connectivity index (χ1v) is 30.7. The number of rotatable bonds is 54. The molecule has 75 heavy (non-hydrogen) atoms. The van der Waals surface area contributed by atoms with E-state index in [1.54, 1.807) is 0 Å². The fraction of sp³-hybridized carbons (Fsp3) is 0.638. The average Bonchev–Trinajstić information content (AvgIpc) is 3.41. The standard InChI is InChI=1S/C69H112O6/c1-4-7-10-13-16-19-22-25-27-29-30-31-32-33-34-35-36-37-38-40-41-44-47-50-53-56-59-62-68(71)74-65-66(64-73-67(70)61-58-55-52-49-46-43-24-21-18-15-12-9-6-3)75-69(72)63-60-57-54-51-48-45-42-39-28-26-23-20-17-14-11-8-5-2/h7,9-10,12,16-21,25-28,30-31,33-34,43,46,52,55,66H,4-6,8,11,13-15,22-24,29,32,35-42,44-45,47-51,53-54,56-65H2,1-3H3/b10-7-,12-9-,19-16-,20-17-,21-18-,27-25-,28-26-,31-30-,34-33-,46-43-,55-52-. The lowest BCUT2D eigenvalue weighted by Crippen LogP contribution is -2.30. The number of hydrogen-bond donors (Lipinski definition) is 0. The third kappa shape index (κ3) is 60.3. The largest absolute Gasteiger partial charge is 0.462 e. The van der Waals surface area contributed by atoms with Crippen LogP contribution < -0.4 is 0 Å². The highest BCUT2D eigenvalue weighted by Gasteiger charge is 2.19. The van der Waals surface area contributed by atoms with Crippen LogP contribution in [0.5, 0.6) is 0 Å². The molecule has 1 atom stereocenters. The van der Waals surface area contributed by atoms with E-state index in [0.29, 0.717) is 19.3 Å². The molecule has 1 unspecified atom stereocenters. The van der Waals surface area contributed by atoms with Gasteiger partial charge >= 0.3 is 17.9 Å². The van der Waals surface area contributed by atoms with Crippen molar-refractivity contribution in [3.05, 3.63) is 134 Å². The summed E-state index contributed by atoms with van der Waals surface area (Å²) in [6.45, 7) is 6.31. The van der Waals surface area contributed by atoms with Crippen LogP contribution in [-0.2, 0) is 28.6 Å². The van der Waals surface area contributed by atoms with Gasteiger partial charge in [0.05, 0.1) is 0 Å². The zero-order valence-corrected chi connectivity index (χ0v) is 48.5. The first-order chi connectivity index (χ1) is 37.0. The maximum absolute atomic E-state index is 12.9. The Hall–Kier alpha value is -4.45. The quantitative estimate of drug-likeness (QED) is 0.0261. The summed E-state index contributed by atoms with van der Waals surface area (Å²) in [5.74, 6) is -1.00. The highest BCUT2D eigenvalue weighted by molar-refractivity contribution is 5.71. The van der Waals surface area contributed by atoms with Crippen molar-refractivity contribution in [3.63, 3.8) is 0 Å². The van der Waals surface area contributed by atoms with Crippen molar-refractivity contribution in [1.29, 1.82) is 0 Å². The van der Waals surface area contributed by atoms with E-state index in [0.717, 1.165) is 109 Å². The summed E-state index contributed by atoms with van der Waals surface area (Å²) in [5, 5.41) is 0. The summed E-state index contributed by atoms with van der Waals surface area (Å²) in [4.78, 5) is 38.2. The van der Waals surface area contributed by atoms with Crippen molar-refractivity contribution in [1.82, 2.24) is 0 Å². The molecule has 0 saturated carbocycles. The molecule has 6 heteroatoms. The van der Waals surface area contributed by atoms with Crippen LogP contribution in [0, 0.1) is 0 Å². The van der Waals surface area contributed by atoms with Gasteiger partial charge in [0.1, 0.15) is 13.2 Å². The molecule has 6 nitrogen and oxygen atoms in total. The molecular weight excluding hydrogens is 925 g/mol. The third-order valence-electron chi connectivity index (χ3n) is 12.6. The maximum Gasteiger partial charge on any atom is 0.306 e. The van der Waals surface area contributed by atoms with E-state index in [2.05, 4.69) is 148 Å². The number of allylic oxidation sites excluding steroid dienone is 22. The predicted molar refractivity (Wildman–Crippen MR) is 325 cm³/mol. The smallest absolute Gasteiger partial charge is 0.306 e. The Labute approximate surface area is 462 Å². The third-order valence-corrected chi connectivity index (χ3v) is 12.6. The molecule has 0 aromatic heterocycles. The van der Waals surface area contributed by atoms with Gasteiger partial charge in [-0.3, -0.25) is 14.4 Å². The number of carbonyl (C=O) groups excluding carboxylic acids is 3. The highest BCUT2D eigenvalue weighted by Crippen LogP contribution is 2.15. The Morgan fingerprint density at radius 2 is 0.547 bits per heavy atom. The van der Waals surface area contributed by atoms with E-state index in [1.165, 1.54) is 109 Å². The van der Waals surface area contributed by atoms with Crippen LogP contribution in [0.25, 0.3) is 0 Å². The Morgan fingerprint density at radius 3 is 0.893 bits per heavy atom. The molecule has 0 amide bonds. The molecule has 0 aromatic carbocycles. The summed E-state index contributed by atoms with van der Waals surface area (Å²) >= 11 is 0. The van der Waals surface area contributed by atoms with Gasteiger partial charge < -0.3 is 14.2 Å². The molecule has 0 aliphatic heterocycles. The molecule has 0 aliphatic carbocycles. The summed E-state index contributed by atoms with van der Waals surface area (Å²) in [6.07, 6.45) is 87.5.